The topological polar surface area (TPSA) is 6.48 Å². The van der Waals surface area contributed by atoms with Crippen molar-refractivity contribution in [2.24, 2.45) is 0 Å². The first-order chi connectivity index (χ1) is 11.3. The number of piperazine rings is 1. The molecule has 1 aliphatic heterocycles. The van der Waals surface area contributed by atoms with Gasteiger partial charge in [-0.25, -0.2) is 0 Å². The normalized spacial score (nSPS) is 26.0. The quantitative estimate of drug-likeness (QED) is 0.839. The largest absolute Gasteiger partial charge is 0.304 e. The lowest BCUT2D eigenvalue weighted by atomic mass is 9.76. The highest BCUT2D eigenvalue weighted by molar-refractivity contribution is 5.41. The minimum absolute atomic E-state index is 0.547. The van der Waals surface area contributed by atoms with Crippen LogP contribution in [0.15, 0.2) is 54.6 Å². The molecule has 2 heteroatoms. The van der Waals surface area contributed by atoms with Gasteiger partial charge in [-0.1, -0.05) is 54.6 Å². The maximum absolute atomic E-state index is 2.73. The van der Waals surface area contributed by atoms with Gasteiger partial charge in [0.15, 0.2) is 0 Å². The number of fused-ring (bicyclic) bond motifs is 1. The maximum atomic E-state index is 2.73. The highest BCUT2D eigenvalue weighted by atomic mass is 15.3. The van der Waals surface area contributed by atoms with Crippen molar-refractivity contribution in [2.75, 3.05) is 33.2 Å². The molecule has 0 N–H and O–H groups in total. The van der Waals surface area contributed by atoms with Crippen LogP contribution in [0.25, 0.3) is 0 Å². The molecule has 0 saturated carbocycles. The average molecular weight is 306 g/mol. The van der Waals surface area contributed by atoms with Gasteiger partial charge in [0.25, 0.3) is 0 Å². The fraction of sp³-hybridized carbons (Fsp3) is 0.429. The van der Waals surface area contributed by atoms with E-state index in [0.717, 1.165) is 0 Å². The van der Waals surface area contributed by atoms with Crippen molar-refractivity contribution in [1.29, 1.82) is 0 Å². The van der Waals surface area contributed by atoms with Crippen molar-refractivity contribution in [3.05, 3.63) is 71.3 Å². The summed E-state index contributed by atoms with van der Waals surface area (Å²) >= 11 is 0. The van der Waals surface area contributed by atoms with E-state index in [-0.39, 0.29) is 0 Å². The molecule has 1 saturated heterocycles. The van der Waals surface area contributed by atoms with E-state index < -0.39 is 0 Å². The minimum atomic E-state index is 0.547. The average Bonchev–Trinajstić information content (AvgIpc) is 2.62. The van der Waals surface area contributed by atoms with Crippen molar-refractivity contribution in [2.45, 2.75) is 24.8 Å². The Bertz CT molecular complexity index is 644. The molecule has 0 radical (unpaired) electrons. The third-order valence-corrected chi connectivity index (χ3v) is 5.65. The first-order valence-electron chi connectivity index (χ1n) is 8.86. The van der Waals surface area contributed by atoms with Gasteiger partial charge in [-0.15, -0.1) is 0 Å². The standard InChI is InChI=1S/C21H26N2/c1-22-11-13-23(14-12-22)19-15-18-9-5-6-10-20(18)21(16-19)17-7-3-2-4-8-17/h2-10,19,21H,11-16H2,1H3. The van der Waals surface area contributed by atoms with Gasteiger partial charge >= 0.3 is 0 Å². The van der Waals surface area contributed by atoms with Crippen LogP contribution in [0.2, 0.25) is 0 Å². The lowest BCUT2D eigenvalue weighted by molar-refractivity contribution is 0.101. The molecule has 4 rings (SSSR count). The number of rotatable bonds is 2. The summed E-state index contributed by atoms with van der Waals surface area (Å²) in [4.78, 5) is 5.17. The van der Waals surface area contributed by atoms with Crippen LogP contribution in [0, 0.1) is 0 Å². The number of nitrogens with zero attached hydrogens (tertiary/aromatic N) is 2. The SMILES string of the molecule is CN1CCN(C2Cc3ccccc3C(c3ccccc3)C2)CC1. The van der Waals surface area contributed by atoms with Crippen molar-refractivity contribution in [3.63, 3.8) is 0 Å². The van der Waals surface area contributed by atoms with Gasteiger partial charge in [0.2, 0.25) is 0 Å². The Labute approximate surface area is 139 Å². The van der Waals surface area contributed by atoms with Gasteiger partial charge < -0.3 is 4.90 Å². The van der Waals surface area contributed by atoms with Gasteiger partial charge in [0.1, 0.15) is 0 Å². The molecule has 0 amide bonds. The minimum Gasteiger partial charge on any atom is -0.304 e. The molecule has 0 spiro atoms. The molecule has 2 aliphatic rings. The summed E-state index contributed by atoms with van der Waals surface area (Å²) in [5.74, 6) is 0.547. The predicted molar refractivity (Wildman–Crippen MR) is 95.9 cm³/mol. The molecule has 2 unspecified atom stereocenters. The first kappa shape index (κ1) is 14.9. The second-order valence-corrected chi connectivity index (χ2v) is 7.09. The van der Waals surface area contributed by atoms with E-state index in [1.807, 2.05) is 0 Å². The molecule has 2 aromatic rings. The summed E-state index contributed by atoms with van der Waals surface area (Å²) in [6, 6.07) is 20.8. The Morgan fingerprint density at radius 1 is 0.826 bits per heavy atom. The Balaban J connectivity index is 1.63. The molecule has 23 heavy (non-hydrogen) atoms. The smallest absolute Gasteiger partial charge is 0.0146 e. The van der Waals surface area contributed by atoms with E-state index in [0.29, 0.717) is 12.0 Å². The molecule has 1 fully saturated rings. The first-order valence-corrected chi connectivity index (χ1v) is 8.86. The van der Waals surface area contributed by atoms with E-state index in [4.69, 9.17) is 0 Å². The van der Waals surface area contributed by atoms with Crippen molar-refractivity contribution < 1.29 is 0 Å². The lowest BCUT2D eigenvalue weighted by Crippen LogP contribution is -2.51. The van der Waals surface area contributed by atoms with Crippen LogP contribution in [0.1, 0.15) is 29.0 Å². The van der Waals surface area contributed by atoms with Gasteiger partial charge in [0.05, 0.1) is 0 Å². The molecular weight excluding hydrogens is 280 g/mol. The van der Waals surface area contributed by atoms with E-state index >= 15 is 0 Å². The fourth-order valence-corrected chi connectivity index (χ4v) is 4.26. The number of hydrogen-bond acceptors (Lipinski definition) is 2. The van der Waals surface area contributed by atoms with Crippen LogP contribution < -0.4 is 0 Å². The van der Waals surface area contributed by atoms with Crippen molar-refractivity contribution in [1.82, 2.24) is 9.80 Å². The zero-order valence-electron chi connectivity index (χ0n) is 14.0. The summed E-state index contributed by atoms with van der Waals surface area (Å²) in [5.41, 5.74) is 4.57. The van der Waals surface area contributed by atoms with Crippen LogP contribution in [0.3, 0.4) is 0 Å². The Morgan fingerprint density at radius 3 is 2.30 bits per heavy atom. The second-order valence-electron chi connectivity index (χ2n) is 7.09. The molecular formula is C21H26N2. The van der Waals surface area contributed by atoms with Gasteiger partial charge in [0, 0.05) is 38.1 Å². The fourth-order valence-electron chi connectivity index (χ4n) is 4.26. The molecule has 0 bridgehead atoms. The Kier molecular flexibility index (Phi) is 4.19. The summed E-state index contributed by atoms with van der Waals surface area (Å²) in [5, 5.41) is 0. The highest BCUT2D eigenvalue weighted by Crippen LogP contribution is 2.38. The highest BCUT2D eigenvalue weighted by Gasteiger charge is 2.32. The number of hydrogen-bond donors (Lipinski definition) is 0. The molecule has 1 heterocycles. The summed E-state index contributed by atoms with van der Waals surface area (Å²) in [6.07, 6.45) is 2.47. The van der Waals surface area contributed by atoms with Gasteiger partial charge in [-0.2, -0.15) is 0 Å². The molecule has 1 aliphatic carbocycles. The van der Waals surface area contributed by atoms with Crippen LogP contribution in [0.5, 0.6) is 0 Å². The van der Waals surface area contributed by atoms with Crippen LogP contribution in [-0.2, 0) is 6.42 Å². The van der Waals surface area contributed by atoms with Crippen molar-refractivity contribution in [3.8, 4) is 0 Å². The van der Waals surface area contributed by atoms with Gasteiger partial charge in [-0.3, -0.25) is 4.90 Å². The third kappa shape index (κ3) is 3.06. The summed E-state index contributed by atoms with van der Waals surface area (Å²) < 4.78 is 0. The van der Waals surface area contributed by atoms with Crippen molar-refractivity contribution >= 4 is 0 Å². The lowest BCUT2D eigenvalue weighted by Gasteiger charge is -2.42. The molecule has 2 atom stereocenters. The van der Waals surface area contributed by atoms with E-state index in [1.165, 1.54) is 44.6 Å². The summed E-state index contributed by atoms with van der Waals surface area (Å²) in [7, 11) is 2.24. The Hall–Kier alpha value is -1.64. The monoisotopic (exact) mass is 306 g/mol. The molecule has 2 nitrogen and oxygen atoms in total. The second kappa shape index (κ2) is 6.46. The predicted octanol–water partition coefficient (Wildman–Crippen LogP) is 3.38. The zero-order chi connectivity index (χ0) is 15.6. The Morgan fingerprint density at radius 2 is 1.52 bits per heavy atom. The number of likely N-dealkylation sites (N-methyl/N-ethyl adjacent to an activating group) is 1. The van der Waals surface area contributed by atoms with E-state index in [9.17, 15) is 0 Å². The van der Waals surface area contributed by atoms with Gasteiger partial charge in [-0.05, 0) is 36.6 Å². The zero-order valence-corrected chi connectivity index (χ0v) is 14.0. The summed E-state index contributed by atoms with van der Waals surface area (Å²) in [6.45, 7) is 4.83. The van der Waals surface area contributed by atoms with E-state index in [2.05, 4.69) is 71.4 Å². The van der Waals surface area contributed by atoms with Crippen LogP contribution in [-0.4, -0.2) is 49.1 Å². The number of benzene rings is 2. The third-order valence-electron chi connectivity index (χ3n) is 5.65. The molecule has 2 aromatic carbocycles. The maximum Gasteiger partial charge on any atom is 0.0146 e. The van der Waals surface area contributed by atoms with Crippen LogP contribution in [0.4, 0.5) is 0 Å². The molecule has 120 valence electrons. The molecule has 0 aromatic heterocycles. The van der Waals surface area contributed by atoms with E-state index in [1.54, 1.807) is 11.1 Å². The van der Waals surface area contributed by atoms with Crippen LogP contribution >= 0.6 is 0 Å².